The van der Waals surface area contributed by atoms with E-state index in [1.165, 1.54) is 43.7 Å². The van der Waals surface area contributed by atoms with Gasteiger partial charge in [-0.05, 0) is 26.2 Å². The maximum atomic E-state index is 4.73. The number of hydrogen-bond donors (Lipinski definition) is 1. The standard InChI is InChI=1S/C14H28N2S/c1-5-7-9-13(8-6-2)16-14-15-11(3)10-12(4)17-14/h11-13H,5-10H2,1-4H3,(H,15,16). The lowest BCUT2D eigenvalue weighted by molar-refractivity contribution is 0.494. The zero-order valence-electron chi connectivity index (χ0n) is 11.8. The Bertz CT molecular complexity index is 240. The maximum Gasteiger partial charge on any atom is 0.157 e. The van der Waals surface area contributed by atoms with Gasteiger partial charge in [-0.25, -0.2) is 0 Å². The average molecular weight is 256 g/mol. The van der Waals surface area contributed by atoms with E-state index in [1.807, 2.05) is 11.8 Å². The minimum atomic E-state index is 0.488. The Hall–Kier alpha value is -0.180. The van der Waals surface area contributed by atoms with Crippen molar-refractivity contribution in [3.8, 4) is 0 Å². The number of nitrogens with zero attached hydrogens (tertiary/aromatic N) is 1. The van der Waals surface area contributed by atoms with Gasteiger partial charge in [0.05, 0.1) is 6.04 Å². The molecule has 1 heterocycles. The Labute approximate surface area is 111 Å². The van der Waals surface area contributed by atoms with E-state index < -0.39 is 0 Å². The Morgan fingerprint density at radius 1 is 1.29 bits per heavy atom. The summed E-state index contributed by atoms with van der Waals surface area (Å²) < 4.78 is 0. The van der Waals surface area contributed by atoms with Gasteiger partial charge in [0.15, 0.2) is 5.17 Å². The number of amidine groups is 1. The summed E-state index contributed by atoms with van der Waals surface area (Å²) >= 11 is 1.92. The van der Waals surface area contributed by atoms with Crippen LogP contribution in [0.3, 0.4) is 0 Å². The molecule has 0 amide bonds. The third kappa shape index (κ3) is 5.80. The SMILES string of the molecule is CCCCC(CCC)NC1=NC(C)CC(C)S1. The second-order valence-electron chi connectivity index (χ2n) is 5.22. The first-order chi connectivity index (χ1) is 8.15. The molecule has 3 heteroatoms. The van der Waals surface area contributed by atoms with E-state index in [1.54, 1.807) is 0 Å². The van der Waals surface area contributed by atoms with E-state index in [4.69, 9.17) is 4.99 Å². The molecule has 0 fully saturated rings. The van der Waals surface area contributed by atoms with Crippen LogP contribution >= 0.6 is 11.8 Å². The fourth-order valence-electron chi connectivity index (χ4n) is 2.34. The minimum absolute atomic E-state index is 0.488. The molecule has 0 aromatic carbocycles. The molecule has 0 bridgehead atoms. The van der Waals surface area contributed by atoms with E-state index in [0.29, 0.717) is 17.3 Å². The van der Waals surface area contributed by atoms with E-state index in [2.05, 4.69) is 33.0 Å². The van der Waals surface area contributed by atoms with Crippen molar-refractivity contribution in [1.82, 2.24) is 5.32 Å². The molecule has 1 rings (SSSR count). The summed E-state index contributed by atoms with van der Waals surface area (Å²) in [6.45, 7) is 9.05. The van der Waals surface area contributed by atoms with Crippen LogP contribution < -0.4 is 5.32 Å². The number of aliphatic imine (C=N–C) groups is 1. The van der Waals surface area contributed by atoms with Crippen LogP contribution in [0.2, 0.25) is 0 Å². The number of nitrogens with one attached hydrogen (secondary N) is 1. The molecule has 0 saturated carbocycles. The second kappa shape index (κ2) is 8.02. The van der Waals surface area contributed by atoms with Crippen molar-refractivity contribution >= 4 is 16.9 Å². The molecule has 0 saturated heterocycles. The molecule has 3 atom stereocenters. The van der Waals surface area contributed by atoms with Gasteiger partial charge < -0.3 is 5.32 Å². The summed E-state index contributed by atoms with van der Waals surface area (Å²) in [5.74, 6) is 0. The van der Waals surface area contributed by atoms with Crippen LogP contribution in [0.1, 0.15) is 66.2 Å². The van der Waals surface area contributed by atoms with Gasteiger partial charge in [0.1, 0.15) is 0 Å². The summed E-state index contributed by atoms with van der Waals surface area (Å²) in [5, 5.41) is 5.56. The molecule has 3 unspecified atom stereocenters. The second-order valence-corrected chi connectivity index (χ2v) is 6.65. The molecular weight excluding hydrogens is 228 g/mol. The van der Waals surface area contributed by atoms with Crippen molar-refractivity contribution in [2.24, 2.45) is 4.99 Å². The van der Waals surface area contributed by atoms with Gasteiger partial charge in [0.2, 0.25) is 0 Å². The van der Waals surface area contributed by atoms with Crippen LogP contribution in [-0.4, -0.2) is 22.5 Å². The number of hydrogen-bond acceptors (Lipinski definition) is 3. The van der Waals surface area contributed by atoms with Crippen LogP contribution in [0.5, 0.6) is 0 Å². The highest BCUT2D eigenvalue weighted by Crippen LogP contribution is 2.24. The van der Waals surface area contributed by atoms with Crippen LogP contribution in [0.4, 0.5) is 0 Å². The first-order valence-corrected chi connectivity index (χ1v) is 8.04. The molecular formula is C14H28N2S. The van der Waals surface area contributed by atoms with Gasteiger partial charge in [-0.3, -0.25) is 4.99 Å². The summed E-state index contributed by atoms with van der Waals surface area (Å²) in [7, 11) is 0. The summed E-state index contributed by atoms with van der Waals surface area (Å²) in [5.41, 5.74) is 0. The molecule has 17 heavy (non-hydrogen) atoms. The van der Waals surface area contributed by atoms with Crippen molar-refractivity contribution in [3.63, 3.8) is 0 Å². The molecule has 1 N–H and O–H groups in total. The third-order valence-electron chi connectivity index (χ3n) is 3.19. The van der Waals surface area contributed by atoms with Gasteiger partial charge in [0.25, 0.3) is 0 Å². The maximum absolute atomic E-state index is 4.73. The molecule has 0 aromatic rings. The van der Waals surface area contributed by atoms with Gasteiger partial charge in [-0.15, -0.1) is 0 Å². The Morgan fingerprint density at radius 2 is 2.06 bits per heavy atom. The Morgan fingerprint density at radius 3 is 2.65 bits per heavy atom. The highest BCUT2D eigenvalue weighted by Gasteiger charge is 2.20. The minimum Gasteiger partial charge on any atom is -0.362 e. The van der Waals surface area contributed by atoms with Gasteiger partial charge in [0, 0.05) is 11.3 Å². The lowest BCUT2D eigenvalue weighted by Crippen LogP contribution is -2.36. The van der Waals surface area contributed by atoms with Gasteiger partial charge in [-0.2, -0.15) is 0 Å². The molecule has 0 radical (unpaired) electrons. The summed E-state index contributed by atoms with van der Waals surface area (Å²) in [6, 6.07) is 1.12. The number of unbranched alkanes of at least 4 members (excludes halogenated alkanes) is 1. The zero-order chi connectivity index (χ0) is 12.7. The number of thioether (sulfide) groups is 1. The van der Waals surface area contributed by atoms with Crippen LogP contribution in [0.25, 0.3) is 0 Å². The van der Waals surface area contributed by atoms with Crippen molar-refractivity contribution in [2.75, 3.05) is 0 Å². The highest BCUT2D eigenvalue weighted by molar-refractivity contribution is 8.14. The normalized spacial score (nSPS) is 26.5. The molecule has 1 aliphatic heterocycles. The van der Waals surface area contributed by atoms with E-state index >= 15 is 0 Å². The van der Waals surface area contributed by atoms with Crippen LogP contribution in [0.15, 0.2) is 4.99 Å². The predicted molar refractivity (Wildman–Crippen MR) is 79.9 cm³/mol. The van der Waals surface area contributed by atoms with E-state index in [-0.39, 0.29) is 0 Å². The van der Waals surface area contributed by atoms with Crippen molar-refractivity contribution in [2.45, 2.75) is 83.6 Å². The first-order valence-electron chi connectivity index (χ1n) is 7.16. The largest absolute Gasteiger partial charge is 0.362 e. The van der Waals surface area contributed by atoms with Crippen molar-refractivity contribution in [3.05, 3.63) is 0 Å². The smallest absolute Gasteiger partial charge is 0.157 e. The topological polar surface area (TPSA) is 24.4 Å². The molecule has 100 valence electrons. The van der Waals surface area contributed by atoms with Crippen molar-refractivity contribution < 1.29 is 0 Å². The number of rotatable bonds is 6. The van der Waals surface area contributed by atoms with Crippen LogP contribution in [0, 0.1) is 0 Å². The predicted octanol–water partition coefficient (Wildman–Crippen LogP) is 4.20. The first kappa shape index (κ1) is 14.9. The molecule has 2 nitrogen and oxygen atoms in total. The molecule has 1 aliphatic rings. The lowest BCUT2D eigenvalue weighted by Gasteiger charge is -2.26. The Balaban J connectivity index is 2.47. The summed E-state index contributed by atoms with van der Waals surface area (Å²) in [6.07, 6.45) is 7.62. The van der Waals surface area contributed by atoms with E-state index in [0.717, 1.165) is 0 Å². The molecule has 0 spiro atoms. The third-order valence-corrected chi connectivity index (χ3v) is 4.24. The summed E-state index contributed by atoms with van der Waals surface area (Å²) in [4.78, 5) is 4.73. The average Bonchev–Trinajstić information content (AvgIpc) is 2.24. The quantitative estimate of drug-likeness (QED) is 0.770. The zero-order valence-corrected chi connectivity index (χ0v) is 12.6. The van der Waals surface area contributed by atoms with Crippen molar-refractivity contribution in [1.29, 1.82) is 0 Å². The Kier molecular flexibility index (Phi) is 7.02. The van der Waals surface area contributed by atoms with Gasteiger partial charge in [-0.1, -0.05) is 51.8 Å². The van der Waals surface area contributed by atoms with Crippen LogP contribution in [-0.2, 0) is 0 Å². The lowest BCUT2D eigenvalue weighted by atomic mass is 10.1. The van der Waals surface area contributed by atoms with E-state index in [9.17, 15) is 0 Å². The fraction of sp³-hybridized carbons (Fsp3) is 0.929. The molecule has 0 aromatic heterocycles. The fourth-order valence-corrected chi connectivity index (χ4v) is 3.57. The monoisotopic (exact) mass is 256 g/mol. The molecule has 0 aliphatic carbocycles. The highest BCUT2D eigenvalue weighted by atomic mass is 32.2. The van der Waals surface area contributed by atoms with Gasteiger partial charge >= 0.3 is 0 Å².